The molecule has 0 aliphatic carbocycles. The van der Waals surface area contributed by atoms with Crippen molar-refractivity contribution in [2.24, 2.45) is 0 Å². The Bertz CT molecular complexity index is 1300. The van der Waals surface area contributed by atoms with Crippen molar-refractivity contribution in [3.63, 3.8) is 0 Å². The number of nitrogens with one attached hydrogen (secondary N) is 1. The van der Waals surface area contributed by atoms with Gasteiger partial charge in [0.05, 0.1) is 18.4 Å². The summed E-state index contributed by atoms with van der Waals surface area (Å²) in [5.41, 5.74) is 0.447. The molecule has 168 valence electrons. The fourth-order valence-electron chi connectivity index (χ4n) is 3.10. The van der Waals surface area contributed by atoms with Crippen LogP contribution >= 0.6 is 0 Å². The summed E-state index contributed by atoms with van der Waals surface area (Å²) in [5.74, 6) is -0.871. The number of anilines is 1. The zero-order chi connectivity index (χ0) is 23.6. The SMILES string of the molecule is COc1nc(-c2cccc(C(F)(F)F)c2)n(-c2ccc(NC(=O)c3cccc(F)c3)cc2)n1. The zero-order valence-electron chi connectivity index (χ0n) is 17.1. The van der Waals surface area contributed by atoms with Crippen LogP contribution in [0.5, 0.6) is 6.01 Å². The lowest BCUT2D eigenvalue weighted by Crippen LogP contribution is -2.12. The topological polar surface area (TPSA) is 69.0 Å². The molecular formula is C23H16F4N4O2. The number of hydrogen-bond acceptors (Lipinski definition) is 4. The highest BCUT2D eigenvalue weighted by Gasteiger charge is 2.31. The summed E-state index contributed by atoms with van der Waals surface area (Å²) in [6, 6.07) is 16.3. The van der Waals surface area contributed by atoms with E-state index in [2.05, 4.69) is 15.4 Å². The lowest BCUT2D eigenvalue weighted by molar-refractivity contribution is -0.137. The molecule has 0 aliphatic rings. The van der Waals surface area contributed by atoms with Crippen LogP contribution in [0.25, 0.3) is 17.1 Å². The molecule has 4 rings (SSSR count). The van der Waals surface area contributed by atoms with Crippen LogP contribution in [0, 0.1) is 5.82 Å². The van der Waals surface area contributed by atoms with E-state index < -0.39 is 23.5 Å². The van der Waals surface area contributed by atoms with Gasteiger partial charge in [0.25, 0.3) is 5.91 Å². The average Bonchev–Trinajstić information content (AvgIpc) is 3.24. The van der Waals surface area contributed by atoms with Crippen molar-refractivity contribution in [3.8, 4) is 23.1 Å². The Kier molecular flexibility index (Phi) is 5.82. The number of halogens is 4. The number of hydrogen-bond donors (Lipinski definition) is 1. The molecule has 0 radical (unpaired) electrons. The van der Waals surface area contributed by atoms with E-state index in [1.165, 1.54) is 42.1 Å². The molecule has 0 saturated carbocycles. The molecule has 0 saturated heterocycles. The number of rotatable bonds is 5. The molecule has 4 aromatic rings. The predicted octanol–water partition coefficient (Wildman–Crippen LogP) is 5.35. The van der Waals surface area contributed by atoms with Crippen molar-refractivity contribution in [1.29, 1.82) is 0 Å². The molecule has 0 unspecified atom stereocenters. The summed E-state index contributed by atoms with van der Waals surface area (Å²) < 4.78 is 59.2. The fraction of sp³-hybridized carbons (Fsp3) is 0.0870. The Labute approximate surface area is 185 Å². The quantitative estimate of drug-likeness (QED) is 0.411. The Morgan fingerprint density at radius 3 is 2.39 bits per heavy atom. The summed E-state index contributed by atoms with van der Waals surface area (Å²) in [6.07, 6.45) is -4.51. The molecule has 6 nitrogen and oxygen atoms in total. The Hall–Kier alpha value is -4.21. The average molecular weight is 456 g/mol. The van der Waals surface area contributed by atoms with E-state index in [1.54, 1.807) is 24.3 Å². The normalized spacial score (nSPS) is 11.3. The lowest BCUT2D eigenvalue weighted by Gasteiger charge is -2.10. The van der Waals surface area contributed by atoms with E-state index in [4.69, 9.17) is 4.74 Å². The highest BCUT2D eigenvalue weighted by atomic mass is 19.4. The van der Waals surface area contributed by atoms with Gasteiger partial charge in [-0.1, -0.05) is 18.2 Å². The van der Waals surface area contributed by atoms with E-state index in [-0.39, 0.29) is 23.0 Å². The zero-order valence-corrected chi connectivity index (χ0v) is 17.1. The number of benzene rings is 3. The van der Waals surface area contributed by atoms with Crippen LogP contribution in [0.2, 0.25) is 0 Å². The number of alkyl halides is 3. The third kappa shape index (κ3) is 4.84. The minimum atomic E-state index is -4.51. The number of methoxy groups -OCH3 is 1. The maximum atomic E-state index is 13.3. The van der Waals surface area contributed by atoms with Crippen LogP contribution in [0.3, 0.4) is 0 Å². The number of carbonyl (C=O) groups excluding carboxylic acids is 1. The Balaban J connectivity index is 1.64. The minimum Gasteiger partial charge on any atom is -0.466 e. The van der Waals surface area contributed by atoms with Crippen LogP contribution in [-0.2, 0) is 6.18 Å². The van der Waals surface area contributed by atoms with Crippen molar-refractivity contribution in [3.05, 3.63) is 89.7 Å². The summed E-state index contributed by atoms with van der Waals surface area (Å²) in [5, 5.41) is 6.84. The van der Waals surface area contributed by atoms with Crippen LogP contribution in [0.15, 0.2) is 72.8 Å². The van der Waals surface area contributed by atoms with Gasteiger partial charge < -0.3 is 10.1 Å². The van der Waals surface area contributed by atoms with Gasteiger partial charge in [0.1, 0.15) is 5.82 Å². The van der Waals surface area contributed by atoms with Crippen LogP contribution in [0.1, 0.15) is 15.9 Å². The highest BCUT2D eigenvalue weighted by molar-refractivity contribution is 6.04. The monoisotopic (exact) mass is 456 g/mol. The van der Waals surface area contributed by atoms with Gasteiger partial charge in [0.2, 0.25) is 0 Å². The lowest BCUT2D eigenvalue weighted by atomic mass is 10.1. The highest BCUT2D eigenvalue weighted by Crippen LogP contribution is 2.32. The van der Waals surface area contributed by atoms with Crippen molar-refractivity contribution in [1.82, 2.24) is 14.8 Å². The number of nitrogens with zero attached hydrogens (tertiary/aromatic N) is 3. The second-order valence-corrected chi connectivity index (χ2v) is 6.92. The Morgan fingerprint density at radius 2 is 1.73 bits per heavy atom. The molecule has 1 heterocycles. The van der Waals surface area contributed by atoms with Crippen LogP contribution < -0.4 is 10.1 Å². The molecule has 3 aromatic carbocycles. The van der Waals surface area contributed by atoms with E-state index in [0.29, 0.717) is 11.4 Å². The minimum absolute atomic E-state index is 0.0223. The number of amides is 1. The summed E-state index contributed by atoms with van der Waals surface area (Å²) in [6.45, 7) is 0. The molecule has 1 aromatic heterocycles. The standard InChI is InChI=1S/C23H16F4N4O2/c1-33-22-29-20(14-4-2-6-16(12-14)23(25,26)27)31(30-22)19-10-8-18(9-11-19)28-21(32)15-5-3-7-17(24)13-15/h2-13H,1H3,(H,28,32). The predicted molar refractivity (Wildman–Crippen MR) is 113 cm³/mol. The molecule has 1 N–H and O–H groups in total. The van der Waals surface area contributed by atoms with E-state index in [9.17, 15) is 22.4 Å². The molecule has 0 spiro atoms. The Morgan fingerprint density at radius 1 is 1.00 bits per heavy atom. The van der Waals surface area contributed by atoms with Gasteiger partial charge >= 0.3 is 12.2 Å². The van der Waals surface area contributed by atoms with Gasteiger partial charge in [-0.15, -0.1) is 5.10 Å². The smallest absolute Gasteiger partial charge is 0.416 e. The first kappa shape index (κ1) is 22.0. The summed E-state index contributed by atoms with van der Waals surface area (Å²) in [7, 11) is 1.35. The summed E-state index contributed by atoms with van der Waals surface area (Å²) >= 11 is 0. The number of carbonyl (C=O) groups is 1. The van der Waals surface area contributed by atoms with Gasteiger partial charge in [-0.05, 0) is 54.6 Å². The largest absolute Gasteiger partial charge is 0.466 e. The van der Waals surface area contributed by atoms with Gasteiger partial charge in [0, 0.05) is 16.8 Å². The molecule has 10 heteroatoms. The second kappa shape index (κ2) is 8.73. The van der Waals surface area contributed by atoms with Crippen molar-refractivity contribution in [2.75, 3.05) is 12.4 Å². The number of ether oxygens (including phenoxy) is 1. The van der Waals surface area contributed by atoms with Gasteiger partial charge in [0.15, 0.2) is 5.82 Å². The molecule has 0 atom stereocenters. The first-order valence-electron chi connectivity index (χ1n) is 9.60. The molecule has 33 heavy (non-hydrogen) atoms. The third-order valence-electron chi connectivity index (χ3n) is 4.67. The molecule has 0 fully saturated rings. The number of aromatic nitrogens is 3. The second-order valence-electron chi connectivity index (χ2n) is 6.92. The van der Waals surface area contributed by atoms with Crippen LogP contribution in [-0.4, -0.2) is 27.8 Å². The summed E-state index contributed by atoms with van der Waals surface area (Å²) in [4.78, 5) is 16.5. The third-order valence-corrected chi connectivity index (χ3v) is 4.67. The molecule has 1 amide bonds. The van der Waals surface area contributed by atoms with Gasteiger partial charge in [-0.2, -0.15) is 18.2 Å². The van der Waals surface area contributed by atoms with Crippen LogP contribution in [0.4, 0.5) is 23.2 Å². The van der Waals surface area contributed by atoms with Crippen molar-refractivity contribution in [2.45, 2.75) is 6.18 Å². The van der Waals surface area contributed by atoms with Gasteiger partial charge in [-0.3, -0.25) is 4.79 Å². The molecule has 0 bridgehead atoms. The van der Waals surface area contributed by atoms with E-state index in [0.717, 1.165) is 18.2 Å². The maximum Gasteiger partial charge on any atom is 0.416 e. The molecular weight excluding hydrogens is 440 g/mol. The van der Waals surface area contributed by atoms with E-state index in [1.807, 2.05) is 0 Å². The first-order chi connectivity index (χ1) is 15.7. The van der Waals surface area contributed by atoms with E-state index >= 15 is 0 Å². The van der Waals surface area contributed by atoms with Crippen molar-refractivity contribution < 1.29 is 27.1 Å². The van der Waals surface area contributed by atoms with Gasteiger partial charge in [-0.25, -0.2) is 9.07 Å². The first-order valence-corrected chi connectivity index (χ1v) is 9.60. The van der Waals surface area contributed by atoms with Crippen molar-refractivity contribution >= 4 is 11.6 Å². The fourth-order valence-corrected chi connectivity index (χ4v) is 3.10. The molecule has 0 aliphatic heterocycles. The maximum absolute atomic E-state index is 13.3.